The lowest BCUT2D eigenvalue weighted by molar-refractivity contribution is 0.122. The van der Waals surface area contributed by atoms with Gasteiger partial charge in [-0.1, -0.05) is 0 Å². The van der Waals surface area contributed by atoms with Gasteiger partial charge in [0.1, 0.15) is 0 Å². The second-order valence-electron chi connectivity index (χ2n) is 9.56. The SMILES string of the molecule is COc1cc2c3c(c4cc(OC)c(OC)c(OC)c4c2cc1OC)CN1CC2CC2CC1C3. The van der Waals surface area contributed by atoms with Crippen LogP contribution in [-0.2, 0) is 13.0 Å². The van der Waals surface area contributed by atoms with Crippen LogP contribution in [0.25, 0.3) is 21.5 Å². The molecule has 1 saturated heterocycles. The van der Waals surface area contributed by atoms with Crippen LogP contribution in [0, 0.1) is 11.8 Å². The van der Waals surface area contributed by atoms with Crippen LogP contribution in [0.1, 0.15) is 24.0 Å². The fourth-order valence-corrected chi connectivity index (χ4v) is 6.35. The van der Waals surface area contributed by atoms with Gasteiger partial charge in [-0.05, 0) is 76.6 Å². The number of hydrogen-bond donors (Lipinski definition) is 0. The highest BCUT2D eigenvalue weighted by molar-refractivity contribution is 6.16. The van der Waals surface area contributed by atoms with Crippen molar-refractivity contribution in [2.75, 3.05) is 42.1 Å². The number of nitrogens with zero attached hydrogens (tertiary/aromatic N) is 1. The molecule has 6 heteroatoms. The molecule has 2 fully saturated rings. The van der Waals surface area contributed by atoms with Gasteiger partial charge in [0.2, 0.25) is 5.75 Å². The molecular formula is C27H31NO5. The van der Waals surface area contributed by atoms with E-state index >= 15 is 0 Å². The lowest BCUT2D eigenvalue weighted by Gasteiger charge is -2.41. The first-order chi connectivity index (χ1) is 16.1. The summed E-state index contributed by atoms with van der Waals surface area (Å²) < 4.78 is 28.8. The lowest BCUT2D eigenvalue weighted by atomic mass is 9.82. The lowest BCUT2D eigenvalue weighted by Crippen LogP contribution is -2.44. The summed E-state index contributed by atoms with van der Waals surface area (Å²) >= 11 is 0. The first-order valence-corrected chi connectivity index (χ1v) is 11.7. The van der Waals surface area contributed by atoms with Crippen LogP contribution in [-0.4, -0.2) is 53.0 Å². The molecule has 0 radical (unpaired) electrons. The van der Waals surface area contributed by atoms with Crippen molar-refractivity contribution >= 4 is 21.5 Å². The second kappa shape index (κ2) is 7.59. The molecule has 6 rings (SSSR count). The first-order valence-electron chi connectivity index (χ1n) is 11.7. The zero-order valence-electron chi connectivity index (χ0n) is 20.0. The molecule has 2 heterocycles. The zero-order valence-corrected chi connectivity index (χ0v) is 20.0. The molecule has 2 aliphatic heterocycles. The number of rotatable bonds is 5. The summed E-state index contributed by atoms with van der Waals surface area (Å²) in [5, 5.41) is 4.49. The van der Waals surface area contributed by atoms with Gasteiger partial charge in [-0.3, -0.25) is 4.90 Å². The summed E-state index contributed by atoms with van der Waals surface area (Å²) in [5.41, 5.74) is 2.77. The molecule has 0 bridgehead atoms. The Hall–Kier alpha value is -2.86. The van der Waals surface area contributed by atoms with Crippen molar-refractivity contribution in [1.29, 1.82) is 0 Å². The van der Waals surface area contributed by atoms with Gasteiger partial charge < -0.3 is 23.7 Å². The van der Waals surface area contributed by atoms with Crippen molar-refractivity contribution in [3.8, 4) is 28.7 Å². The van der Waals surface area contributed by atoms with Gasteiger partial charge in [0, 0.05) is 24.5 Å². The number of benzene rings is 3. The summed E-state index contributed by atoms with van der Waals surface area (Å²) in [6, 6.07) is 6.95. The van der Waals surface area contributed by atoms with E-state index in [9.17, 15) is 0 Å². The van der Waals surface area contributed by atoms with Gasteiger partial charge in [-0.2, -0.15) is 0 Å². The molecule has 3 aromatic carbocycles. The number of fused-ring (bicyclic) bond motifs is 8. The molecule has 0 aromatic heterocycles. The number of ether oxygens (including phenoxy) is 5. The normalized spacial score (nSPS) is 23.5. The van der Waals surface area contributed by atoms with E-state index in [-0.39, 0.29) is 0 Å². The van der Waals surface area contributed by atoms with Crippen LogP contribution in [0.5, 0.6) is 28.7 Å². The molecule has 174 valence electrons. The van der Waals surface area contributed by atoms with Crippen molar-refractivity contribution in [3.63, 3.8) is 0 Å². The summed E-state index contributed by atoms with van der Waals surface area (Å²) in [6.45, 7) is 2.16. The van der Waals surface area contributed by atoms with E-state index in [0.717, 1.165) is 46.7 Å². The van der Waals surface area contributed by atoms with E-state index in [2.05, 4.69) is 23.1 Å². The third kappa shape index (κ3) is 2.96. The van der Waals surface area contributed by atoms with Crippen LogP contribution in [0.2, 0.25) is 0 Å². The maximum atomic E-state index is 5.96. The van der Waals surface area contributed by atoms with Crippen LogP contribution in [0.3, 0.4) is 0 Å². The van der Waals surface area contributed by atoms with E-state index in [1.54, 1.807) is 35.5 Å². The van der Waals surface area contributed by atoms with Gasteiger partial charge in [-0.25, -0.2) is 0 Å². The first kappa shape index (κ1) is 20.7. The molecule has 3 unspecified atom stereocenters. The monoisotopic (exact) mass is 449 g/mol. The predicted molar refractivity (Wildman–Crippen MR) is 128 cm³/mol. The molecule has 0 amide bonds. The summed E-state index contributed by atoms with van der Waals surface area (Å²) in [7, 11) is 8.40. The minimum absolute atomic E-state index is 0.607. The van der Waals surface area contributed by atoms with Gasteiger partial charge in [0.25, 0.3) is 0 Å². The molecule has 3 aromatic rings. The number of piperidine rings is 1. The highest BCUT2D eigenvalue weighted by Crippen LogP contribution is 2.53. The summed E-state index contributed by atoms with van der Waals surface area (Å²) in [5.74, 6) is 5.26. The Labute approximate surface area is 194 Å². The maximum absolute atomic E-state index is 5.96. The van der Waals surface area contributed by atoms with Crippen molar-refractivity contribution in [2.45, 2.75) is 31.8 Å². The summed E-state index contributed by atoms with van der Waals surface area (Å²) in [4.78, 5) is 2.70. The van der Waals surface area contributed by atoms with Crippen LogP contribution in [0.4, 0.5) is 0 Å². The summed E-state index contributed by atoms with van der Waals surface area (Å²) in [6.07, 6.45) is 3.76. The molecule has 33 heavy (non-hydrogen) atoms. The standard InChI is InChI=1S/C27H31NO5/c1-29-22-9-18-17-8-16-7-14-6-15(14)12-28(16)13-21(17)20-11-24(31-3)26(32-4)27(33-5)25(20)19(18)10-23(22)30-2/h9-11,14-16H,6-8,12-13H2,1-5H3. The van der Waals surface area contributed by atoms with Crippen LogP contribution >= 0.6 is 0 Å². The maximum Gasteiger partial charge on any atom is 0.203 e. The van der Waals surface area contributed by atoms with E-state index in [1.807, 2.05) is 0 Å². The fourth-order valence-electron chi connectivity index (χ4n) is 6.35. The minimum Gasteiger partial charge on any atom is -0.493 e. The Bertz CT molecular complexity index is 1270. The third-order valence-corrected chi connectivity index (χ3v) is 8.07. The molecule has 0 N–H and O–H groups in total. The molecule has 0 spiro atoms. The van der Waals surface area contributed by atoms with Gasteiger partial charge in [-0.15, -0.1) is 0 Å². The third-order valence-electron chi connectivity index (χ3n) is 8.07. The largest absolute Gasteiger partial charge is 0.493 e. The Morgan fingerprint density at radius 2 is 1.33 bits per heavy atom. The number of methoxy groups -OCH3 is 5. The van der Waals surface area contributed by atoms with Crippen molar-refractivity contribution < 1.29 is 23.7 Å². The van der Waals surface area contributed by atoms with Gasteiger partial charge in [0.05, 0.1) is 35.5 Å². The van der Waals surface area contributed by atoms with Crippen molar-refractivity contribution in [3.05, 3.63) is 29.3 Å². The highest BCUT2D eigenvalue weighted by Gasteiger charge is 2.47. The molecule has 3 atom stereocenters. The Kier molecular flexibility index (Phi) is 4.77. The zero-order chi connectivity index (χ0) is 22.9. The average Bonchev–Trinajstić information content (AvgIpc) is 3.62. The fraction of sp³-hybridized carbons (Fsp3) is 0.481. The van der Waals surface area contributed by atoms with Crippen LogP contribution in [0.15, 0.2) is 18.2 Å². The Morgan fingerprint density at radius 3 is 2.00 bits per heavy atom. The number of hydrogen-bond acceptors (Lipinski definition) is 6. The smallest absolute Gasteiger partial charge is 0.203 e. The van der Waals surface area contributed by atoms with Gasteiger partial charge in [0.15, 0.2) is 23.0 Å². The van der Waals surface area contributed by atoms with Crippen LogP contribution < -0.4 is 23.7 Å². The average molecular weight is 450 g/mol. The van der Waals surface area contributed by atoms with Gasteiger partial charge >= 0.3 is 0 Å². The minimum atomic E-state index is 0.607. The van der Waals surface area contributed by atoms with E-state index in [4.69, 9.17) is 23.7 Å². The topological polar surface area (TPSA) is 49.4 Å². The molecular weight excluding hydrogens is 418 g/mol. The molecule has 3 aliphatic rings. The predicted octanol–water partition coefficient (Wildman–Crippen LogP) is 4.80. The molecule has 1 saturated carbocycles. The Balaban J connectivity index is 1.72. The second-order valence-corrected chi connectivity index (χ2v) is 9.56. The van der Waals surface area contributed by atoms with Crippen molar-refractivity contribution in [2.24, 2.45) is 11.8 Å². The molecule has 1 aliphatic carbocycles. The van der Waals surface area contributed by atoms with Crippen molar-refractivity contribution in [1.82, 2.24) is 4.90 Å². The van der Waals surface area contributed by atoms with E-state index < -0.39 is 0 Å². The van der Waals surface area contributed by atoms with E-state index in [0.29, 0.717) is 29.0 Å². The Morgan fingerprint density at radius 1 is 0.667 bits per heavy atom. The highest BCUT2D eigenvalue weighted by atomic mass is 16.5. The van der Waals surface area contributed by atoms with E-state index in [1.165, 1.54) is 35.9 Å². The molecule has 6 nitrogen and oxygen atoms in total. The quantitative estimate of drug-likeness (QED) is 0.522.